The van der Waals surface area contributed by atoms with Gasteiger partial charge in [0.2, 0.25) is 5.91 Å². The van der Waals surface area contributed by atoms with Crippen LogP contribution < -0.4 is 5.32 Å². The number of hydrogen-bond acceptors (Lipinski definition) is 4. The first kappa shape index (κ1) is 16.9. The Hall–Kier alpha value is -1.11. The quantitative estimate of drug-likeness (QED) is 0.727. The molecule has 1 unspecified atom stereocenters. The van der Waals surface area contributed by atoms with Gasteiger partial charge >= 0.3 is 5.97 Å². The minimum atomic E-state index is -3.39. The lowest BCUT2D eigenvalue weighted by Crippen LogP contribution is -2.37. The molecule has 2 N–H and O–H groups in total. The molecule has 0 aliphatic rings. The van der Waals surface area contributed by atoms with Gasteiger partial charge in [0.05, 0.1) is 5.92 Å². The van der Waals surface area contributed by atoms with Gasteiger partial charge in [0, 0.05) is 12.8 Å². The van der Waals surface area contributed by atoms with Crippen LogP contribution in [0.1, 0.15) is 27.2 Å². The Bertz CT molecular complexity index is 408. The van der Waals surface area contributed by atoms with Gasteiger partial charge < -0.3 is 10.4 Å². The zero-order valence-electron chi connectivity index (χ0n) is 11.2. The molecule has 0 rings (SSSR count). The molecule has 0 aromatic carbocycles. The van der Waals surface area contributed by atoms with Crippen LogP contribution in [-0.4, -0.2) is 44.0 Å². The molecule has 0 heterocycles. The van der Waals surface area contributed by atoms with Crippen LogP contribution in [0.15, 0.2) is 0 Å². The van der Waals surface area contributed by atoms with Crippen LogP contribution in [0.4, 0.5) is 0 Å². The van der Waals surface area contributed by atoms with E-state index in [0.29, 0.717) is 6.42 Å². The van der Waals surface area contributed by atoms with Crippen LogP contribution in [0.25, 0.3) is 0 Å². The lowest BCUT2D eigenvalue weighted by molar-refractivity contribution is -0.142. The van der Waals surface area contributed by atoms with Crippen molar-refractivity contribution in [3.8, 4) is 0 Å². The monoisotopic (exact) mass is 279 g/mol. The maximum atomic E-state index is 11.3. The first-order valence-corrected chi connectivity index (χ1v) is 7.64. The fourth-order valence-corrected chi connectivity index (χ4v) is 2.09. The highest BCUT2D eigenvalue weighted by molar-refractivity contribution is 7.91. The summed E-state index contributed by atoms with van der Waals surface area (Å²) in [5, 5.41) is 11.4. The van der Waals surface area contributed by atoms with Crippen LogP contribution in [-0.2, 0) is 19.4 Å². The predicted molar refractivity (Wildman–Crippen MR) is 67.9 cm³/mol. The Labute approximate surface area is 108 Å². The third-order valence-electron chi connectivity index (χ3n) is 2.15. The van der Waals surface area contributed by atoms with Crippen LogP contribution in [0.2, 0.25) is 0 Å². The highest BCUT2D eigenvalue weighted by atomic mass is 32.2. The van der Waals surface area contributed by atoms with E-state index in [1.807, 2.05) is 20.8 Å². The van der Waals surface area contributed by atoms with Gasteiger partial charge in [-0.1, -0.05) is 20.8 Å². The number of sulfone groups is 1. The molecule has 0 spiro atoms. The Kier molecular flexibility index (Phi) is 5.79. The molecule has 1 amide bonds. The second kappa shape index (κ2) is 6.17. The van der Waals surface area contributed by atoms with Crippen LogP contribution in [0.5, 0.6) is 0 Å². The van der Waals surface area contributed by atoms with Crippen molar-refractivity contribution in [1.29, 1.82) is 0 Å². The van der Waals surface area contributed by atoms with E-state index >= 15 is 0 Å². The average Bonchev–Trinajstić information content (AvgIpc) is 2.06. The minimum absolute atomic E-state index is 0.0546. The highest BCUT2D eigenvalue weighted by Crippen LogP contribution is 2.24. The number of carboxylic acids is 1. The maximum Gasteiger partial charge on any atom is 0.308 e. The number of nitrogens with one attached hydrogen (secondary N) is 1. The summed E-state index contributed by atoms with van der Waals surface area (Å²) in [5.41, 5.74) is -0.176. The van der Waals surface area contributed by atoms with Gasteiger partial charge in [0.15, 0.2) is 9.84 Å². The first-order chi connectivity index (χ1) is 7.91. The van der Waals surface area contributed by atoms with E-state index in [2.05, 4.69) is 5.32 Å². The van der Waals surface area contributed by atoms with Crippen LogP contribution in [0.3, 0.4) is 0 Å². The molecule has 0 fully saturated rings. The number of amides is 1. The molecule has 18 heavy (non-hydrogen) atoms. The van der Waals surface area contributed by atoms with Gasteiger partial charge in [-0.25, -0.2) is 8.42 Å². The van der Waals surface area contributed by atoms with Gasteiger partial charge in [-0.15, -0.1) is 0 Å². The zero-order chi connectivity index (χ0) is 14.6. The van der Waals surface area contributed by atoms with Crippen molar-refractivity contribution in [2.45, 2.75) is 27.2 Å². The molecule has 6 nitrogen and oxygen atoms in total. The van der Waals surface area contributed by atoms with Gasteiger partial charge in [-0.2, -0.15) is 0 Å². The summed E-state index contributed by atoms with van der Waals surface area (Å²) < 4.78 is 21.7. The summed E-state index contributed by atoms with van der Waals surface area (Å²) in [7, 11) is -3.39. The largest absolute Gasteiger partial charge is 0.481 e. The molecule has 0 aromatic heterocycles. The van der Waals surface area contributed by atoms with Crippen molar-refractivity contribution >= 4 is 21.7 Å². The smallest absolute Gasteiger partial charge is 0.308 e. The summed E-state index contributed by atoms with van der Waals surface area (Å²) in [5.74, 6) is -3.00. The summed E-state index contributed by atoms with van der Waals surface area (Å²) in [4.78, 5) is 22.3. The van der Waals surface area contributed by atoms with Crippen molar-refractivity contribution < 1.29 is 23.1 Å². The third-order valence-corrected chi connectivity index (χ3v) is 2.93. The Morgan fingerprint density at radius 1 is 1.28 bits per heavy atom. The summed E-state index contributed by atoms with van der Waals surface area (Å²) in [6.45, 7) is 5.66. The molecule has 0 aliphatic heterocycles. The zero-order valence-corrected chi connectivity index (χ0v) is 12.0. The number of rotatable bonds is 6. The van der Waals surface area contributed by atoms with Crippen molar-refractivity contribution in [1.82, 2.24) is 5.32 Å². The van der Waals surface area contributed by atoms with E-state index in [-0.39, 0.29) is 12.0 Å². The van der Waals surface area contributed by atoms with E-state index < -0.39 is 33.4 Å². The fourth-order valence-electron chi connectivity index (χ4n) is 1.51. The standard InChI is InChI=1S/C11H21NO5S/c1-11(2,3)5-8(10(14)15)6-12-9(13)7-18(4,16)17/h8H,5-7H2,1-4H3,(H,12,13)(H,14,15). The topological polar surface area (TPSA) is 101 Å². The van der Waals surface area contributed by atoms with Crippen molar-refractivity contribution in [2.75, 3.05) is 18.6 Å². The highest BCUT2D eigenvalue weighted by Gasteiger charge is 2.25. The normalized spacial score (nSPS) is 14.0. The van der Waals surface area contributed by atoms with E-state index in [4.69, 9.17) is 5.11 Å². The number of carbonyl (C=O) groups is 2. The van der Waals surface area contributed by atoms with Gasteiger partial charge in [-0.3, -0.25) is 9.59 Å². The summed E-state index contributed by atoms with van der Waals surface area (Å²) >= 11 is 0. The Balaban J connectivity index is 4.38. The lowest BCUT2D eigenvalue weighted by Gasteiger charge is -2.23. The van der Waals surface area contributed by atoms with Gasteiger partial charge in [0.1, 0.15) is 5.75 Å². The number of carbonyl (C=O) groups excluding carboxylic acids is 1. The lowest BCUT2D eigenvalue weighted by atomic mass is 9.84. The molecule has 0 radical (unpaired) electrons. The van der Waals surface area contributed by atoms with E-state index in [9.17, 15) is 18.0 Å². The molecule has 0 bridgehead atoms. The molecule has 106 valence electrons. The van der Waals surface area contributed by atoms with Crippen molar-refractivity contribution in [2.24, 2.45) is 11.3 Å². The molecule has 0 saturated carbocycles. The van der Waals surface area contributed by atoms with Gasteiger partial charge in [-0.05, 0) is 11.8 Å². The SMILES string of the molecule is CC(C)(C)CC(CNC(=O)CS(C)(=O)=O)C(=O)O. The number of hydrogen-bond donors (Lipinski definition) is 2. The van der Waals surface area contributed by atoms with E-state index in [0.717, 1.165) is 6.26 Å². The molecular weight excluding hydrogens is 258 g/mol. The van der Waals surface area contributed by atoms with Crippen molar-refractivity contribution in [3.63, 3.8) is 0 Å². The second-order valence-corrected chi connectivity index (χ2v) is 7.81. The van der Waals surface area contributed by atoms with Crippen LogP contribution in [0, 0.1) is 11.3 Å². The summed E-state index contributed by atoms with van der Waals surface area (Å²) in [6.07, 6.45) is 1.36. The molecule has 0 aromatic rings. The van der Waals surface area contributed by atoms with Gasteiger partial charge in [0.25, 0.3) is 0 Å². The number of aliphatic carboxylic acids is 1. The Morgan fingerprint density at radius 2 is 1.78 bits per heavy atom. The fraction of sp³-hybridized carbons (Fsp3) is 0.818. The average molecular weight is 279 g/mol. The molecular formula is C11H21NO5S. The summed E-state index contributed by atoms with van der Waals surface area (Å²) in [6, 6.07) is 0. The van der Waals surface area contributed by atoms with E-state index in [1.54, 1.807) is 0 Å². The Morgan fingerprint density at radius 3 is 2.11 bits per heavy atom. The van der Waals surface area contributed by atoms with Crippen LogP contribution >= 0.6 is 0 Å². The number of carboxylic acid groups (broad SMARTS) is 1. The molecule has 7 heteroatoms. The second-order valence-electron chi connectivity index (χ2n) is 5.67. The first-order valence-electron chi connectivity index (χ1n) is 5.58. The minimum Gasteiger partial charge on any atom is -0.481 e. The molecule has 0 saturated heterocycles. The predicted octanol–water partition coefficient (Wildman–Crippen LogP) is 0.284. The molecule has 0 aliphatic carbocycles. The van der Waals surface area contributed by atoms with E-state index in [1.165, 1.54) is 0 Å². The maximum absolute atomic E-state index is 11.3. The third kappa shape index (κ3) is 8.98. The molecule has 1 atom stereocenters. The van der Waals surface area contributed by atoms with Crippen molar-refractivity contribution in [3.05, 3.63) is 0 Å².